The number of carbonyl (C=O) groups is 1. The van der Waals surface area contributed by atoms with Crippen LogP contribution in [0, 0.1) is 10.1 Å². The van der Waals surface area contributed by atoms with Crippen molar-refractivity contribution in [3.8, 4) is 0 Å². The van der Waals surface area contributed by atoms with E-state index < -0.39 is 26.8 Å². The van der Waals surface area contributed by atoms with Gasteiger partial charge in [-0.2, -0.15) is 8.42 Å². The van der Waals surface area contributed by atoms with E-state index in [0.29, 0.717) is 0 Å². The maximum absolute atomic E-state index is 11.4. The fourth-order valence-electron chi connectivity index (χ4n) is 1.30. The van der Waals surface area contributed by atoms with E-state index in [1.807, 2.05) is 0 Å². The number of esters is 1. The van der Waals surface area contributed by atoms with Crippen LogP contribution in [0.2, 0.25) is 0 Å². The zero-order chi connectivity index (χ0) is 13.9. The summed E-state index contributed by atoms with van der Waals surface area (Å²) in [7, 11) is -3.30. The van der Waals surface area contributed by atoms with E-state index in [1.54, 1.807) is 0 Å². The molecule has 0 amide bonds. The van der Waals surface area contributed by atoms with Crippen LogP contribution in [0.1, 0.15) is 15.9 Å². The van der Waals surface area contributed by atoms with Crippen molar-refractivity contribution in [2.45, 2.75) is 5.75 Å². The lowest BCUT2D eigenvalue weighted by Crippen LogP contribution is -2.10. The summed E-state index contributed by atoms with van der Waals surface area (Å²) in [4.78, 5) is 21.2. The van der Waals surface area contributed by atoms with Crippen LogP contribution in [0.25, 0.3) is 0 Å². The molecule has 0 atom stereocenters. The number of nitro groups is 1. The normalized spacial score (nSPS) is 11.0. The number of non-ortho nitro benzene ring substituents is 1. The van der Waals surface area contributed by atoms with E-state index >= 15 is 0 Å². The van der Waals surface area contributed by atoms with E-state index in [4.69, 9.17) is 4.55 Å². The molecular formula is C9H9NO7S. The van der Waals surface area contributed by atoms with Crippen molar-refractivity contribution >= 4 is 21.8 Å². The summed E-state index contributed by atoms with van der Waals surface area (Å²) in [6, 6.07) is 3.01. The molecule has 98 valence electrons. The smallest absolute Gasteiger partial charge is 0.338 e. The summed E-state index contributed by atoms with van der Waals surface area (Å²) in [6.07, 6.45) is 0. The van der Waals surface area contributed by atoms with Gasteiger partial charge >= 0.3 is 5.97 Å². The fourth-order valence-corrected chi connectivity index (χ4v) is 1.95. The molecule has 0 saturated carbocycles. The molecule has 0 aliphatic carbocycles. The molecule has 0 fully saturated rings. The maximum atomic E-state index is 11.4. The zero-order valence-electron chi connectivity index (χ0n) is 9.19. The number of benzene rings is 1. The van der Waals surface area contributed by atoms with Crippen LogP contribution in [0.3, 0.4) is 0 Å². The van der Waals surface area contributed by atoms with Crippen LogP contribution in [-0.2, 0) is 20.6 Å². The van der Waals surface area contributed by atoms with E-state index in [2.05, 4.69) is 4.74 Å². The van der Waals surface area contributed by atoms with Crippen LogP contribution >= 0.6 is 0 Å². The summed E-state index contributed by atoms with van der Waals surface area (Å²) in [5.74, 6) is -1.74. The quantitative estimate of drug-likeness (QED) is 0.372. The number of nitro benzene ring substituents is 1. The van der Waals surface area contributed by atoms with Gasteiger partial charge in [0.05, 0.1) is 17.6 Å². The molecule has 0 aliphatic heterocycles. The second-order valence-corrected chi connectivity index (χ2v) is 4.77. The third-order valence-corrected chi connectivity index (χ3v) is 2.72. The maximum Gasteiger partial charge on any atom is 0.338 e. The van der Waals surface area contributed by atoms with Crippen molar-refractivity contribution in [1.82, 2.24) is 0 Å². The van der Waals surface area contributed by atoms with Gasteiger partial charge in [-0.05, 0) is 5.56 Å². The van der Waals surface area contributed by atoms with Crippen LogP contribution in [0.4, 0.5) is 5.69 Å². The minimum Gasteiger partial charge on any atom is -0.465 e. The molecule has 0 saturated heterocycles. The van der Waals surface area contributed by atoms with Crippen LogP contribution in [0.15, 0.2) is 18.2 Å². The Morgan fingerprint density at radius 1 is 1.50 bits per heavy atom. The first-order valence-corrected chi connectivity index (χ1v) is 6.16. The van der Waals surface area contributed by atoms with Gasteiger partial charge in [0.15, 0.2) is 0 Å². The molecule has 18 heavy (non-hydrogen) atoms. The Labute approximate surface area is 102 Å². The van der Waals surface area contributed by atoms with Crippen molar-refractivity contribution < 1.29 is 27.4 Å². The first-order valence-electron chi connectivity index (χ1n) is 4.55. The molecule has 1 rings (SSSR count). The average molecular weight is 275 g/mol. The van der Waals surface area contributed by atoms with E-state index in [1.165, 1.54) is 0 Å². The minimum atomic E-state index is -4.35. The summed E-state index contributed by atoms with van der Waals surface area (Å²) < 4.78 is 34.6. The Bertz CT molecular complexity index is 593. The van der Waals surface area contributed by atoms with Gasteiger partial charge < -0.3 is 4.74 Å². The summed E-state index contributed by atoms with van der Waals surface area (Å²) in [5.41, 5.74) is -0.728. The van der Waals surface area contributed by atoms with Crippen LogP contribution in [-0.4, -0.2) is 31.0 Å². The molecule has 0 spiro atoms. The predicted octanol–water partition coefficient (Wildman–Crippen LogP) is 0.769. The topological polar surface area (TPSA) is 124 Å². The Balaban J connectivity index is 3.34. The van der Waals surface area contributed by atoms with Crippen LogP contribution < -0.4 is 0 Å². The van der Waals surface area contributed by atoms with Crippen molar-refractivity contribution in [3.63, 3.8) is 0 Å². The summed E-state index contributed by atoms with van der Waals surface area (Å²) in [6.45, 7) is 0. The molecule has 1 aromatic rings. The van der Waals surface area contributed by atoms with Gasteiger partial charge in [0, 0.05) is 12.1 Å². The first kappa shape index (κ1) is 14.1. The SMILES string of the molecule is COC(=O)c1cc([N+](=O)[O-])ccc1CS(=O)(=O)O. The number of methoxy groups -OCH3 is 1. The minimum absolute atomic E-state index is 0.0741. The number of ether oxygens (including phenoxy) is 1. The number of carbonyl (C=O) groups excluding carboxylic acids is 1. The number of hydrogen-bond acceptors (Lipinski definition) is 6. The highest BCUT2D eigenvalue weighted by atomic mass is 32.2. The first-order chi connectivity index (χ1) is 8.24. The lowest BCUT2D eigenvalue weighted by Gasteiger charge is -2.06. The number of hydrogen-bond donors (Lipinski definition) is 1. The zero-order valence-corrected chi connectivity index (χ0v) is 10.0. The fraction of sp³-hybridized carbons (Fsp3) is 0.222. The second-order valence-electron chi connectivity index (χ2n) is 3.32. The van der Waals surface area contributed by atoms with Gasteiger partial charge in [-0.25, -0.2) is 4.79 Å². The predicted molar refractivity (Wildman–Crippen MR) is 59.7 cm³/mol. The number of nitrogens with zero attached hydrogens (tertiary/aromatic N) is 1. The van der Waals surface area contributed by atoms with E-state index in [9.17, 15) is 23.3 Å². The van der Waals surface area contributed by atoms with Crippen LogP contribution in [0.5, 0.6) is 0 Å². The van der Waals surface area contributed by atoms with Gasteiger partial charge in [-0.3, -0.25) is 14.7 Å². The lowest BCUT2D eigenvalue weighted by molar-refractivity contribution is -0.384. The molecular weight excluding hydrogens is 266 g/mol. The van der Waals surface area contributed by atoms with E-state index in [-0.39, 0.29) is 16.8 Å². The number of rotatable bonds is 4. The molecule has 0 heterocycles. The highest BCUT2D eigenvalue weighted by Gasteiger charge is 2.20. The van der Waals surface area contributed by atoms with Gasteiger partial charge in [0.2, 0.25) is 0 Å². The summed E-state index contributed by atoms with van der Waals surface area (Å²) in [5, 5.41) is 10.5. The average Bonchev–Trinajstić information content (AvgIpc) is 2.26. The van der Waals surface area contributed by atoms with Crippen molar-refractivity contribution in [2.24, 2.45) is 0 Å². The Hall–Kier alpha value is -2.00. The Morgan fingerprint density at radius 2 is 2.11 bits per heavy atom. The highest BCUT2D eigenvalue weighted by molar-refractivity contribution is 7.85. The van der Waals surface area contributed by atoms with Gasteiger partial charge in [-0.15, -0.1) is 0 Å². The van der Waals surface area contributed by atoms with Gasteiger partial charge in [-0.1, -0.05) is 6.07 Å². The molecule has 8 nitrogen and oxygen atoms in total. The molecule has 1 N–H and O–H groups in total. The molecule has 0 bridgehead atoms. The largest absolute Gasteiger partial charge is 0.465 e. The Kier molecular flexibility index (Phi) is 3.99. The molecule has 0 unspecified atom stereocenters. The third-order valence-electron chi connectivity index (χ3n) is 2.05. The second kappa shape index (κ2) is 5.10. The van der Waals surface area contributed by atoms with Crippen molar-refractivity contribution in [3.05, 3.63) is 39.4 Å². The molecule has 0 radical (unpaired) electrons. The lowest BCUT2D eigenvalue weighted by atomic mass is 10.1. The monoisotopic (exact) mass is 275 g/mol. The molecule has 1 aromatic carbocycles. The van der Waals surface area contributed by atoms with Crippen molar-refractivity contribution in [2.75, 3.05) is 7.11 Å². The van der Waals surface area contributed by atoms with E-state index in [0.717, 1.165) is 25.3 Å². The standard InChI is InChI=1S/C9H9NO7S/c1-17-9(11)8-4-7(10(12)13)3-2-6(8)5-18(14,15)16/h2-4H,5H2,1H3,(H,14,15,16). The summed E-state index contributed by atoms with van der Waals surface area (Å²) >= 11 is 0. The Morgan fingerprint density at radius 3 is 2.56 bits per heavy atom. The third kappa shape index (κ3) is 3.50. The van der Waals surface area contributed by atoms with Gasteiger partial charge in [0.1, 0.15) is 5.75 Å². The highest BCUT2D eigenvalue weighted by Crippen LogP contribution is 2.20. The molecule has 0 aromatic heterocycles. The molecule has 9 heteroatoms. The molecule has 0 aliphatic rings. The van der Waals surface area contributed by atoms with Gasteiger partial charge in [0.25, 0.3) is 15.8 Å². The van der Waals surface area contributed by atoms with Crippen molar-refractivity contribution in [1.29, 1.82) is 0 Å².